The van der Waals surface area contributed by atoms with E-state index in [2.05, 4.69) is 4.98 Å². The van der Waals surface area contributed by atoms with Crippen LogP contribution in [0.3, 0.4) is 0 Å². The number of nitrogens with two attached hydrogens (primary N) is 1. The predicted molar refractivity (Wildman–Crippen MR) is 115 cm³/mol. The summed E-state index contributed by atoms with van der Waals surface area (Å²) >= 11 is 1.12. The second-order valence-electron chi connectivity index (χ2n) is 6.48. The van der Waals surface area contributed by atoms with E-state index in [9.17, 15) is 4.79 Å². The van der Waals surface area contributed by atoms with Gasteiger partial charge in [-0.1, -0.05) is 24.3 Å². The molecule has 0 saturated heterocycles. The third-order valence-corrected chi connectivity index (χ3v) is 5.27. The van der Waals surface area contributed by atoms with Crippen molar-refractivity contribution in [3.05, 3.63) is 54.1 Å². The molecule has 2 aromatic carbocycles. The van der Waals surface area contributed by atoms with E-state index in [1.165, 1.54) is 0 Å². The molecule has 3 rings (SSSR count). The Balaban J connectivity index is 1.48. The zero-order chi connectivity index (χ0) is 20.6. The topological polar surface area (TPSA) is 90.8 Å². The van der Waals surface area contributed by atoms with Gasteiger partial charge in [0.2, 0.25) is 5.91 Å². The minimum Gasteiger partial charge on any atom is -0.492 e. The molecule has 154 valence electrons. The number of rotatable bonds is 11. The van der Waals surface area contributed by atoms with Crippen molar-refractivity contribution in [3.8, 4) is 5.75 Å². The van der Waals surface area contributed by atoms with Crippen molar-refractivity contribution in [2.75, 3.05) is 31.7 Å². The Morgan fingerprint density at radius 2 is 2.00 bits per heavy atom. The van der Waals surface area contributed by atoms with Crippen LogP contribution in [0.4, 0.5) is 6.01 Å². The average molecular weight is 416 g/mol. The number of likely N-dealkylation sites (N-methyl/N-ethyl adjacent to an activating group) is 1. The van der Waals surface area contributed by atoms with E-state index < -0.39 is 5.25 Å². The molecule has 2 N–H and O–H groups in total. The number of benzene rings is 2. The summed E-state index contributed by atoms with van der Waals surface area (Å²) in [4.78, 5) is 17.9. The van der Waals surface area contributed by atoms with E-state index in [1.807, 2.05) is 67.4 Å². The molecule has 1 atom stereocenters. The fourth-order valence-electron chi connectivity index (χ4n) is 2.69. The van der Waals surface area contributed by atoms with Crippen LogP contribution in [-0.2, 0) is 15.4 Å². The van der Waals surface area contributed by atoms with E-state index in [4.69, 9.17) is 19.1 Å². The Morgan fingerprint density at radius 3 is 2.69 bits per heavy atom. The summed E-state index contributed by atoms with van der Waals surface area (Å²) in [5.41, 5.74) is 8.04. The van der Waals surface area contributed by atoms with Gasteiger partial charge in [0.05, 0.1) is 13.2 Å². The van der Waals surface area contributed by atoms with Gasteiger partial charge in [0, 0.05) is 19.1 Å². The van der Waals surface area contributed by atoms with Gasteiger partial charge in [-0.25, -0.2) is 0 Å². The van der Waals surface area contributed by atoms with Crippen LogP contribution >= 0.6 is 12.0 Å². The van der Waals surface area contributed by atoms with Crippen LogP contribution in [-0.4, -0.2) is 42.9 Å². The summed E-state index contributed by atoms with van der Waals surface area (Å²) in [5.74, 6) is 0.374. The van der Waals surface area contributed by atoms with Gasteiger partial charge in [0.15, 0.2) is 5.58 Å². The first-order valence-electron chi connectivity index (χ1n) is 9.43. The summed E-state index contributed by atoms with van der Waals surface area (Å²) in [5, 5.41) is -0.410. The highest BCUT2D eigenvalue weighted by atomic mass is 32.2. The Hall–Kier alpha value is -2.71. The number of hydrogen-bond donors (Lipinski definition) is 1. The van der Waals surface area contributed by atoms with Crippen LogP contribution in [0.2, 0.25) is 0 Å². The van der Waals surface area contributed by atoms with Crippen molar-refractivity contribution < 1.29 is 18.1 Å². The molecule has 29 heavy (non-hydrogen) atoms. The average Bonchev–Trinajstić information content (AvgIpc) is 3.16. The third kappa shape index (κ3) is 5.88. The number of anilines is 1. The maximum absolute atomic E-state index is 11.5. The van der Waals surface area contributed by atoms with Crippen LogP contribution in [0, 0.1) is 0 Å². The normalized spacial score (nSPS) is 12.1. The first-order chi connectivity index (χ1) is 14.1. The fraction of sp³-hybridized carbons (Fsp3) is 0.333. The van der Waals surface area contributed by atoms with Gasteiger partial charge in [-0.15, -0.1) is 0 Å². The molecule has 0 spiro atoms. The third-order valence-electron chi connectivity index (χ3n) is 4.27. The largest absolute Gasteiger partial charge is 0.492 e. The minimum absolute atomic E-state index is 0.383. The number of oxazole rings is 1. The van der Waals surface area contributed by atoms with Gasteiger partial charge in [-0.3, -0.25) is 4.79 Å². The highest BCUT2D eigenvalue weighted by Crippen LogP contribution is 2.21. The molecular formula is C21H25N3O4S. The molecule has 0 radical (unpaired) electrons. The lowest BCUT2D eigenvalue weighted by atomic mass is 10.1. The molecule has 0 fully saturated rings. The molecular weight excluding hydrogens is 390 g/mol. The lowest BCUT2D eigenvalue weighted by Gasteiger charge is -2.15. The van der Waals surface area contributed by atoms with E-state index in [1.54, 1.807) is 0 Å². The van der Waals surface area contributed by atoms with Crippen LogP contribution in [0.15, 0.2) is 52.9 Å². The number of ether oxygens (including phenoxy) is 1. The Bertz CT molecular complexity index is 896. The van der Waals surface area contributed by atoms with Gasteiger partial charge >= 0.3 is 0 Å². The quantitative estimate of drug-likeness (QED) is 0.480. The summed E-state index contributed by atoms with van der Waals surface area (Å²) in [6.45, 7) is 3.51. The van der Waals surface area contributed by atoms with Crippen molar-refractivity contribution in [2.45, 2.75) is 18.6 Å². The maximum atomic E-state index is 11.5. The molecule has 0 bridgehead atoms. The fourth-order valence-corrected chi connectivity index (χ4v) is 3.34. The maximum Gasteiger partial charge on any atom is 0.298 e. The number of aromatic nitrogens is 1. The Kier molecular flexibility index (Phi) is 7.37. The van der Waals surface area contributed by atoms with E-state index in [0.717, 1.165) is 34.5 Å². The van der Waals surface area contributed by atoms with Crippen molar-refractivity contribution in [2.24, 2.45) is 5.73 Å². The van der Waals surface area contributed by atoms with Crippen molar-refractivity contribution in [1.82, 2.24) is 4.98 Å². The van der Waals surface area contributed by atoms with Crippen molar-refractivity contribution in [1.29, 1.82) is 0 Å². The lowest BCUT2D eigenvalue weighted by molar-refractivity contribution is -0.117. The molecule has 0 saturated carbocycles. The number of amides is 1. The Labute approximate surface area is 174 Å². The summed E-state index contributed by atoms with van der Waals surface area (Å²) in [6, 6.07) is 15.9. The monoisotopic (exact) mass is 415 g/mol. The highest BCUT2D eigenvalue weighted by molar-refractivity contribution is 7.96. The van der Waals surface area contributed by atoms with Crippen LogP contribution in [0.25, 0.3) is 11.1 Å². The SMILES string of the molecule is CCOSC(Cc1ccc(OCCN(C)c2nc3ccccc3o2)cc1)C(N)=O. The smallest absolute Gasteiger partial charge is 0.298 e. The molecule has 1 aromatic heterocycles. The zero-order valence-corrected chi connectivity index (χ0v) is 17.4. The number of carbonyl (C=O) groups is 1. The molecule has 0 aliphatic heterocycles. The first kappa shape index (κ1) is 21.0. The molecule has 1 amide bonds. The van der Waals surface area contributed by atoms with Crippen LogP contribution in [0.1, 0.15) is 12.5 Å². The number of carbonyl (C=O) groups excluding carboxylic acids is 1. The summed E-state index contributed by atoms with van der Waals surface area (Å²) in [6.07, 6.45) is 0.515. The summed E-state index contributed by atoms with van der Waals surface area (Å²) in [7, 11) is 1.91. The zero-order valence-electron chi connectivity index (χ0n) is 16.5. The Morgan fingerprint density at radius 1 is 1.24 bits per heavy atom. The van der Waals surface area contributed by atoms with Gasteiger partial charge in [-0.05, 0) is 43.2 Å². The molecule has 0 aliphatic rings. The first-order valence-corrected chi connectivity index (χ1v) is 10.2. The number of nitrogens with zero attached hydrogens (tertiary/aromatic N) is 2. The van der Waals surface area contributed by atoms with E-state index in [0.29, 0.717) is 32.2 Å². The van der Waals surface area contributed by atoms with Crippen molar-refractivity contribution in [3.63, 3.8) is 0 Å². The lowest BCUT2D eigenvalue weighted by Crippen LogP contribution is -2.28. The number of primary amides is 1. The number of hydrogen-bond acceptors (Lipinski definition) is 7. The minimum atomic E-state index is -0.410. The van der Waals surface area contributed by atoms with E-state index in [-0.39, 0.29) is 5.91 Å². The second kappa shape index (κ2) is 10.2. The number of para-hydroxylation sites is 2. The predicted octanol–water partition coefficient (Wildman–Crippen LogP) is 3.42. The molecule has 8 heteroatoms. The van der Waals surface area contributed by atoms with Crippen LogP contribution in [0.5, 0.6) is 5.75 Å². The molecule has 3 aromatic rings. The standard InChI is InChI=1S/C21H25N3O4S/c1-3-27-29-19(20(22)25)14-15-8-10-16(11-9-15)26-13-12-24(2)21-23-17-6-4-5-7-18(17)28-21/h4-11,19H,3,12-14H2,1-2H3,(H2,22,25). The van der Waals surface area contributed by atoms with Gasteiger partial charge in [0.25, 0.3) is 6.01 Å². The summed E-state index contributed by atoms with van der Waals surface area (Å²) < 4.78 is 16.8. The van der Waals surface area contributed by atoms with Gasteiger partial charge < -0.3 is 24.0 Å². The van der Waals surface area contributed by atoms with Crippen LogP contribution < -0.4 is 15.4 Å². The number of fused-ring (bicyclic) bond motifs is 1. The van der Waals surface area contributed by atoms with Crippen molar-refractivity contribution >= 4 is 35.1 Å². The second-order valence-corrected chi connectivity index (χ2v) is 7.47. The molecule has 1 heterocycles. The van der Waals surface area contributed by atoms with E-state index >= 15 is 0 Å². The molecule has 7 nitrogen and oxygen atoms in total. The highest BCUT2D eigenvalue weighted by Gasteiger charge is 2.17. The molecule has 0 aliphatic carbocycles. The van der Waals surface area contributed by atoms with Gasteiger partial charge in [-0.2, -0.15) is 4.98 Å². The van der Waals surface area contributed by atoms with Gasteiger partial charge in [0.1, 0.15) is 23.1 Å². The molecule has 1 unspecified atom stereocenters.